The molecule has 3 aromatic carbocycles. The summed E-state index contributed by atoms with van der Waals surface area (Å²) in [6.07, 6.45) is 1.34. The predicted molar refractivity (Wildman–Crippen MR) is 142 cm³/mol. The number of halogens is 4. The number of carbonyl (C=O) groups is 1. The molecule has 0 aliphatic rings. The fraction of sp³-hybridized carbons (Fsp3) is 0.107. The van der Waals surface area contributed by atoms with Crippen LogP contribution < -0.4 is 21.3 Å². The molecule has 0 aliphatic heterocycles. The average molecular weight is 569 g/mol. The molecule has 0 saturated heterocycles. The number of fused-ring (bicyclic) bond motifs is 1. The van der Waals surface area contributed by atoms with E-state index in [1.807, 2.05) is 0 Å². The first-order valence-corrected chi connectivity index (χ1v) is 12.3. The summed E-state index contributed by atoms with van der Waals surface area (Å²) in [5.41, 5.74) is 0.323. The molecular weight excluding hydrogens is 549 g/mol. The van der Waals surface area contributed by atoms with E-state index in [0.717, 1.165) is 16.7 Å². The molecule has 5 aromatic rings. The van der Waals surface area contributed by atoms with Crippen molar-refractivity contribution in [2.24, 2.45) is 0 Å². The molecule has 0 aliphatic carbocycles. The Hall–Kier alpha value is -4.77. The molecule has 8 nitrogen and oxygen atoms in total. The molecule has 0 radical (unpaired) electrons. The number of ether oxygens (including phenoxy) is 1. The van der Waals surface area contributed by atoms with Gasteiger partial charge in [0, 0.05) is 17.3 Å². The summed E-state index contributed by atoms with van der Waals surface area (Å²) in [6, 6.07) is 15.2. The van der Waals surface area contributed by atoms with Crippen LogP contribution in [0.3, 0.4) is 0 Å². The quantitative estimate of drug-likeness (QED) is 0.236. The summed E-state index contributed by atoms with van der Waals surface area (Å²) < 4.78 is 47.6. The number of benzene rings is 3. The monoisotopic (exact) mass is 568 g/mol. The highest BCUT2D eigenvalue weighted by Gasteiger charge is 2.22. The number of imidazole rings is 1. The van der Waals surface area contributed by atoms with Gasteiger partial charge in [-0.1, -0.05) is 29.8 Å². The van der Waals surface area contributed by atoms with Crippen LogP contribution in [0.1, 0.15) is 27.5 Å². The molecule has 204 valence electrons. The number of H-pyrrole nitrogens is 2. The maximum Gasteiger partial charge on any atom is 0.323 e. The second-order valence-corrected chi connectivity index (χ2v) is 9.28. The van der Waals surface area contributed by atoms with Gasteiger partial charge < -0.3 is 24.6 Å². The normalized spacial score (nSPS) is 11.9. The van der Waals surface area contributed by atoms with Crippen molar-refractivity contribution >= 4 is 28.5 Å². The number of rotatable bonds is 8. The first kappa shape index (κ1) is 26.8. The minimum absolute atomic E-state index is 0.000798. The van der Waals surface area contributed by atoms with Crippen molar-refractivity contribution in [3.05, 3.63) is 133 Å². The van der Waals surface area contributed by atoms with Crippen LogP contribution in [0, 0.1) is 17.5 Å². The van der Waals surface area contributed by atoms with E-state index in [1.165, 1.54) is 18.3 Å². The molecule has 0 bridgehead atoms. The summed E-state index contributed by atoms with van der Waals surface area (Å²) in [5, 5.41) is 3.12. The zero-order valence-corrected chi connectivity index (χ0v) is 21.3. The maximum absolute atomic E-state index is 13.7. The second-order valence-electron chi connectivity index (χ2n) is 8.87. The number of hydrogen-bond donors (Lipinski definition) is 3. The van der Waals surface area contributed by atoms with Gasteiger partial charge >= 0.3 is 5.69 Å². The van der Waals surface area contributed by atoms with E-state index in [-0.39, 0.29) is 30.0 Å². The number of amides is 1. The van der Waals surface area contributed by atoms with Crippen molar-refractivity contribution < 1.29 is 22.7 Å². The van der Waals surface area contributed by atoms with Crippen molar-refractivity contribution in [1.82, 2.24) is 19.9 Å². The minimum Gasteiger partial charge on any atom is -0.491 e. The molecule has 5 rings (SSSR count). The van der Waals surface area contributed by atoms with Crippen LogP contribution in [0.2, 0.25) is 5.02 Å². The van der Waals surface area contributed by atoms with E-state index in [2.05, 4.69) is 15.3 Å². The lowest BCUT2D eigenvalue weighted by atomic mass is 10.1. The van der Waals surface area contributed by atoms with Gasteiger partial charge in [0.15, 0.2) is 17.5 Å². The summed E-state index contributed by atoms with van der Waals surface area (Å²) >= 11 is 6.39. The molecule has 40 heavy (non-hydrogen) atoms. The summed E-state index contributed by atoms with van der Waals surface area (Å²) in [4.78, 5) is 43.2. The number of nitrogens with zero attached hydrogens (tertiary/aromatic N) is 1. The summed E-state index contributed by atoms with van der Waals surface area (Å²) in [7, 11) is 0. The molecule has 0 fully saturated rings. The van der Waals surface area contributed by atoms with E-state index in [1.54, 1.807) is 42.5 Å². The first-order valence-electron chi connectivity index (χ1n) is 11.9. The van der Waals surface area contributed by atoms with Gasteiger partial charge in [0.1, 0.15) is 17.9 Å². The van der Waals surface area contributed by atoms with Crippen LogP contribution in [-0.4, -0.2) is 27.0 Å². The van der Waals surface area contributed by atoms with Crippen LogP contribution in [0.5, 0.6) is 5.75 Å². The highest BCUT2D eigenvalue weighted by atomic mass is 35.5. The zero-order chi connectivity index (χ0) is 28.4. The van der Waals surface area contributed by atoms with Gasteiger partial charge in [-0.05, 0) is 53.6 Å². The molecule has 2 aromatic heterocycles. The van der Waals surface area contributed by atoms with Crippen LogP contribution in [0.15, 0.2) is 82.5 Å². The molecule has 1 atom stereocenters. The highest BCUT2D eigenvalue weighted by Crippen LogP contribution is 2.25. The van der Waals surface area contributed by atoms with Crippen LogP contribution in [0.25, 0.3) is 11.0 Å². The molecular formula is C28H20ClF3N4O4. The van der Waals surface area contributed by atoms with Crippen LogP contribution >= 0.6 is 11.6 Å². The number of nitrogens with one attached hydrogen (secondary N) is 3. The zero-order valence-electron chi connectivity index (χ0n) is 20.5. The average Bonchev–Trinajstić information content (AvgIpc) is 3.30. The number of aromatic amines is 2. The van der Waals surface area contributed by atoms with Gasteiger partial charge in [-0.15, -0.1) is 0 Å². The third-order valence-corrected chi connectivity index (χ3v) is 6.50. The minimum atomic E-state index is -1.61. The van der Waals surface area contributed by atoms with Crippen LogP contribution in [0.4, 0.5) is 13.2 Å². The Kier molecular flexibility index (Phi) is 7.47. The fourth-order valence-corrected chi connectivity index (χ4v) is 4.48. The third-order valence-electron chi connectivity index (χ3n) is 6.15. The first-order chi connectivity index (χ1) is 19.2. The number of carbonyl (C=O) groups excluding carboxylic acids is 1. The predicted octanol–water partition coefficient (Wildman–Crippen LogP) is 4.69. The van der Waals surface area contributed by atoms with Gasteiger partial charge in [0.25, 0.3) is 11.5 Å². The van der Waals surface area contributed by atoms with E-state index in [9.17, 15) is 27.6 Å². The smallest absolute Gasteiger partial charge is 0.323 e. The lowest BCUT2D eigenvalue weighted by Crippen LogP contribution is -2.37. The number of hydrogen-bond acceptors (Lipinski definition) is 4. The Bertz CT molecular complexity index is 1830. The SMILES string of the molecule is O=C(NC(COc1ccc2[nH]c(=O)[nH]c2c1)c1ccccc1Cl)c1cccn(Cc2cc(F)c(F)c(F)c2)c1=O. The number of aromatic nitrogens is 3. The van der Waals surface area contributed by atoms with Gasteiger partial charge in [-0.2, -0.15) is 0 Å². The van der Waals surface area contributed by atoms with E-state index in [4.69, 9.17) is 16.3 Å². The molecule has 0 spiro atoms. The lowest BCUT2D eigenvalue weighted by Gasteiger charge is -2.21. The molecule has 0 saturated carbocycles. The number of pyridine rings is 1. The van der Waals surface area contributed by atoms with Crippen molar-refractivity contribution in [1.29, 1.82) is 0 Å². The Morgan fingerprint density at radius 1 is 0.950 bits per heavy atom. The molecule has 1 amide bonds. The van der Waals surface area contributed by atoms with Crippen LogP contribution in [-0.2, 0) is 6.54 Å². The van der Waals surface area contributed by atoms with Gasteiger partial charge in [-0.25, -0.2) is 18.0 Å². The maximum atomic E-state index is 13.7. The van der Waals surface area contributed by atoms with E-state index >= 15 is 0 Å². The summed E-state index contributed by atoms with van der Waals surface area (Å²) in [6.45, 7) is -0.375. The fourth-order valence-electron chi connectivity index (χ4n) is 4.21. The Morgan fingerprint density at radius 2 is 1.68 bits per heavy atom. The molecule has 12 heteroatoms. The topological polar surface area (TPSA) is 109 Å². The van der Waals surface area contributed by atoms with Crippen molar-refractivity contribution in [2.75, 3.05) is 6.61 Å². The second kappa shape index (κ2) is 11.1. The Balaban J connectivity index is 1.39. The van der Waals surface area contributed by atoms with E-state index in [0.29, 0.717) is 27.4 Å². The standard InChI is InChI=1S/C28H20ClF3N4O4/c29-19-6-2-1-4-17(19)24(14-40-16-7-8-22-23(12-16)35-28(39)34-22)33-26(37)18-5-3-9-36(27(18)38)13-15-10-20(30)25(32)21(31)11-15/h1-12,24H,13-14H2,(H,33,37)(H2,34,35,39). The Morgan fingerprint density at radius 3 is 2.42 bits per heavy atom. The van der Waals surface area contributed by atoms with Crippen molar-refractivity contribution in [2.45, 2.75) is 12.6 Å². The third kappa shape index (κ3) is 5.64. The highest BCUT2D eigenvalue weighted by molar-refractivity contribution is 6.31. The molecule has 2 heterocycles. The van der Waals surface area contributed by atoms with Gasteiger partial charge in [-0.3, -0.25) is 9.59 Å². The molecule has 1 unspecified atom stereocenters. The Labute approximate surface area is 229 Å². The lowest BCUT2D eigenvalue weighted by molar-refractivity contribution is 0.0919. The van der Waals surface area contributed by atoms with Gasteiger partial charge in [0.2, 0.25) is 0 Å². The van der Waals surface area contributed by atoms with E-state index < -0.39 is 35.0 Å². The van der Waals surface area contributed by atoms with Crippen molar-refractivity contribution in [3.63, 3.8) is 0 Å². The summed E-state index contributed by atoms with van der Waals surface area (Å²) in [5.74, 6) is -4.72. The molecule has 3 N–H and O–H groups in total. The van der Waals surface area contributed by atoms with Gasteiger partial charge in [0.05, 0.1) is 23.6 Å². The van der Waals surface area contributed by atoms with Crippen molar-refractivity contribution in [3.8, 4) is 5.75 Å². The largest absolute Gasteiger partial charge is 0.491 e.